The first-order chi connectivity index (χ1) is 15.6. The maximum absolute atomic E-state index is 8.84. The van der Waals surface area contributed by atoms with Crippen molar-refractivity contribution in [3.63, 3.8) is 0 Å². The predicted octanol–water partition coefficient (Wildman–Crippen LogP) is 10.4. The maximum Gasteiger partial charge on any atom is 0.0656 e. The Bertz CT molecular complexity index is 496. The molecular formula is C30H54N2. The van der Waals surface area contributed by atoms with Gasteiger partial charge in [0.15, 0.2) is 0 Å². The molecule has 0 heterocycles. The summed E-state index contributed by atoms with van der Waals surface area (Å²) in [7, 11) is 0. The number of hydrogen-bond acceptors (Lipinski definition) is 2. The van der Waals surface area contributed by atoms with Gasteiger partial charge in [0.2, 0.25) is 0 Å². The third-order valence-electron chi connectivity index (χ3n) is 6.70. The van der Waals surface area contributed by atoms with Gasteiger partial charge in [0.25, 0.3) is 0 Å². The van der Waals surface area contributed by atoms with E-state index in [9.17, 15) is 0 Å². The molecule has 0 radical (unpaired) electrons. The van der Waals surface area contributed by atoms with Crippen LogP contribution in [0.2, 0.25) is 0 Å². The monoisotopic (exact) mass is 442 g/mol. The second kappa shape index (κ2) is 24.4. The molecule has 0 fully saturated rings. The van der Waals surface area contributed by atoms with Gasteiger partial charge in [-0.2, -0.15) is 10.5 Å². The summed E-state index contributed by atoms with van der Waals surface area (Å²) in [5.74, 6) is 0.367. The highest BCUT2D eigenvalue weighted by Crippen LogP contribution is 2.18. The van der Waals surface area contributed by atoms with Crippen LogP contribution < -0.4 is 0 Å². The van der Waals surface area contributed by atoms with E-state index in [1.54, 1.807) is 0 Å². The Balaban J connectivity index is 3.13. The predicted molar refractivity (Wildman–Crippen MR) is 140 cm³/mol. The van der Waals surface area contributed by atoms with Crippen molar-refractivity contribution in [3.05, 3.63) is 12.2 Å². The van der Waals surface area contributed by atoms with Gasteiger partial charge < -0.3 is 0 Å². The molecule has 2 heteroatoms. The average Bonchev–Trinajstić information content (AvgIpc) is 2.79. The van der Waals surface area contributed by atoms with Gasteiger partial charge in [0.05, 0.1) is 12.1 Å². The molecule has 0 amide bonds. The highest BCUT2D eigenvalue weighted by atomic mass is 14.3. The van der Waals surface area contributed by atoms with Crippen molar-refractivity contribution in [1.82, 2.24) is 0 Å². The second-order valence-corrected chi connectivity index (χ2v) is 10.3. The minimum atomic E-state index is 0.124. The summed E-state index contributed by atoms with van der Waals surface area (Å²) in [5, 5.41) is 17.6. The molecule has 0 aromatic rings. The summed E-state index contributed by atoms with van der Waals surface area (Å²) >= 11 is 0. The van der Waals surface area contributed by atoms with Crippen LogP contribution in [0.3, 0.4) is 0 Å². The zero-order valence-electron chi connectivity index (χ0n) is 21.8. The lowest BCUT2D eigenvalue weighted by Gasteiger charge is -2.07. The minimum Gasteiger partial charge on any atom is -0.198 e. The van der Waals surface area contributed by atoms with Gasteiger partial charge in [-0.25, -0.2) is 0 Å². The van der Waals surface area contributed by atoms with Crippen LogP contribution in [0.4, 0.5) is 0 Å². The number of nitriles is 2. The van der Waals surface area contributed by atoms with Crippen molar-refractivity contribution in [2.24, 2.45) is 11.8 Å². The fourth-order valence-electron chi connectivity index (χ4n) is 4.48. The maximum atomic E-state index is 8.84. The van der Waals surface area contributed by atoms with E-state index >= 15 is 0 Å². The molecule has 0 bridgehead atoms. The number of allylic oxidation sites excluding steroid dienone is 1. The molecule has 0 aromatic heterocycles. The summed E-state index contributed by atoms with van der Waals surface area (Å²) in [6, 6.07) is 4.62. The van der Waals surface area contributed by atoms with E-state index in [0.29, 0.717) is 0 Å². The van der Waals surface area contributed by atoms with E-state index in [0.717, 1.165) is 19.3 Å². The summed E-state index contributed by atoms with van der Waals surface area (Å²) < 4.78 is 0. The van der Waals surface area contributed by atoms with Gasteiger partial charge >= 0.3 is 0 Å². The van der Waals surface area contributed by atoms with Crippen LogP contribution >= 0.6 is 0 Å². The zero-order chi connectivity index (χ0) is 23.7. The molecule has 0 aliphatic heterocycles. The molecule has 32 heavy (non-hydrogen) atoms. The van der Waals surface area contributed by atoms with E-state index in [1.807, 2.05) is 13.8 Å². The summed E-state index contributed by atoms with van der Waals surface area (Å²) in [6.07, 6.45) is 29.3. The lowest BCUT2D eigenvalue weighted by molar-refractivity contribution is 0.514. The van der Waals surface area contributed by atoms with E-state index in [2.05, 4.69) is 18.7 Å². The van der Waals surface area contributed by atoms with Crippen LogP contribution in [0.1, 0.15) is 155 Å². The largest absolute Gasteiger partial charge is 0.198 e. The van der Waals surface area contributed by atoms with Gasteiger partial charge in [-0.15, -0.1) is 0 Å². The normalized spacial score (nSPS) is 12.8. The molecule has 0 saturated carbocycles. The molecule has 2 unspecified atom stereocenters. The second-order valence-electron chi connectivity index (χ2n) is 10.3. The van der Waals surface area contributed by atoms with Crippen LogP contribution in [0.5, 0.6) is 0 Å². The molecule has 0 spiro atoms. The van der Waals surface area contributed by atoms with Gasteiger partial charge in [-0.05, 0) is 39.5 Å². The standard InChI is InChI=1S/C30H54N2/c1-28(25-30(3)27-32)23-21-19-17-15-13-11-9-7-5-4-6-8-10-12-14-16-18-20-22-24-29(2)26-31/h29-30H,1,4-25H2,2-3H3. The van der Waals surface area contributed by atoms with E-state index in [-0.39, 0.29) is 11.8 Å². The first kappa shape index (κ1) is 30.7. The van der Waals surface area contributed by atoms with Gasteiger partial charge in [0, 0.05) is 11.8 Å². The molecule has 2 atom stereocenters. The molecule has 0 rings (SSSR count). The first-order valence-electron chi connectivity index (χ1n) is 14.1. The van der Waals surface area contributed by atoms with Crippen molar-refractivity contribution >= 4 is 0 Å². The lowest BCUT2D eigenvalue weighted by Crippen LogP contribution is -1.93. The molecule has 0 aliphatic rings. The average molecular weight is 443 g/mol. The van der Waals surface area contributed by atoms with E-state index in [1.165, 1.54) is 128 Å². The smallest absolute Gasteiger partial charge is 0.0656 e. The van der Waals surface area contributed by atoms with Crippen LogP contribution in [0.25, 0.3) is 0 Å². The number of hydrogen-bond donors (Lipinski definition) is 0. The van der Waals surface area contributed by atoms with E-state index < -0.39 is 0 Å². The Morgan fingerprint density at radius 1 is 0.531 bits per heavy atom. The highest BCUT2D eigenvalue weighted by Gasteiger charge is 2.03. The first-order valence-corrected chi connectivity index (χ1v) is 14.1. The van der Waals surface area contributed by atoms with Crippen molar-refractivity contribution in [1.29, 1.82) is 10.5 Å². The summed E-state index contributed by atoms with van der Waals surface area (Å²) in [4.78, 5) is 0. The van der Waals surface area contributed by atoms with Crippen molar-refractivity contribution in [2.45, 2.75) is 155 Å². The molecule has 2 nitrogen and oxygen atoms in total. The van der Waals surface area contributed by atoms with Gasteiger partial charge in [-0.3, -0.25) is 0 Å². The Kier molecular flexibility index (Phi) is 23.4. The number of unbranched alkanes of at least 4 members (excludes halogenated alkanes) is 18. The summed E-state index contributed by atoms with van der Waals surface area (Å²) in [5.41, 5.74) is 1.26. The Morgan fingerprint density at radius 2 is 0.844 bits per heavy atom. The van der Waals surface area contributed by atoms with Crippen LogP contribution in [0.15, 0.2) is 12.2 Å². The zero-order valence-corrected chi connectivity index (χ0v) is 21.8. The topological polar surface area (TPSA) is 47.6 Å². The number of rotatable bonds is 24. The lowest BCUT2D eigenvalue weighted by atomic mass is 9.98. The van der Waals surface area contributed by atoms with Crippen molar-refractivity contribution < 1.29 is 0 Å². The van der Waals surface area contributed by atoms with Crippen molar-refractivity contribution in [2.75, 3.05) is 0 Å². The fourth-order valence-corrected chi connectivity index (χ4v) is 4.48. The quantitative estimate of drug-likeness (QED) is 0.110. The van der Waals surface area contributed by atoms with Crippen LogP contribution in [-0.2, 0) is 0 Å². The highest BCUT2D eigenvalue weighted by molar-refractivity contribution is 4.99. The van der Waals surface area contributed by atoms with Crippen LogP contribution in [0, 0.1) is 34.5 Å². The number of nitrogens with zero attached hydrogens (tertiary/aromatic N) is 2. The van der Waals surface area contributed by atoms with Gasteiger partial charge in [0.1, 0.15) is 0 Å². The van der Waals surface area contributed by atoms with Crippen molar-refractivity contribution in [3.8, 4) is 12.1 Å². The Morgan fingerprint density at radius 3 is 1.19 bits per heavy atom. The minimum absolute atomic E-state index is 0.124. The fraction of sp³-hybridized carbons (Fsp3) is 0.867. The third-order valence-corrected chi connectivity index (χ3v) is 6.70. The molecule has 0 aromatic carbocycles. The third kappa shape index (κ3) is 23.4. The Hall–Kier alpha value is -1.28. The van der Waals surface area contributed by atoms with E-state index in [4.69, 9.17) is 10.5 Å². The van der Waals surface area contributed by atoms with Gasteiger partial charge in [-0.1, -0.05) is 128 Å². The Labute approximate surface area is 201 Å². The van der Waals surface area contributed by atoms with Crippen LogP contribution in [-0.4, -0.2) is 0 Å². The molecular weight excluding hydrogens is 388 g/mol. The molecule has 0 N–H and O–H groups in total. The SMILES string of the molecule is C=C(CCCCCCCCCCCCCCCCCCCCCC(C)C#N)CC(C)C#N. The molecule has 184 valence electrons. The summed E-state index contributed by atoms with van der Waals surface area (Å²) in [6.45, 7) is 8.13. The molecule has 0 aliphatic carbocycles. The molecule has 0 saturated heterocycles.